The van der Waals surface area contributed by atoms with Gasteiger partial charge in [0.1, 0.15) is 0 Å². The normalized spacial score (nSPS) is 9.80. The monoisotopic (exact) mass is 162 g/mol. The van der Waals surface area contributed by atoms with Crippen molar-refractivity contribution in [1.82, 2.24) is 0 Å². The Kier molecular flexibility index (Phi) is 7.08. The lowest BCUT2D eigenvalue weighted by atomic mass is 10.1. The third kappa shape index (κ3) is 6.11. The molecule has 0 heterocycles. The average molecular weight is 162 g/mol. The van der Waals surface area contributed by atoms with Gasteiger partial charge in [0.15, 0.2) is 0 Å². The van der Waals surface area contributed by atoms with E-state index in [9.17, 15) is 4.79 Å². The zero-order valence-corrected chi connectivity index (χ0v) is 7.36. The summed E-state index contributed by atoms with van der Waals surface area (Å²) in [5, 5.41) is 0. The predicted molar refractivity (Wildman–Crippen MR) is 44.7 cm³/mol. The van der Waals surface area contributed by atoms with E-state index in [4.69, 9.17) is 0 Å². The van der Waals surface area contributed by atoms with Crippen molar-refractivity contribution in [3.8, 4) is 0 Å². The van der Waals surface area contributed by atoms with Gasteiger partial charge in [0.25, 0.3) is 0 Å². The van der Waals surface area contributed by atoms with Gasteiger partial charge in [-0.3, -0.25) is 0 Å². The topological polar surface area (TPSA) is 33.7 Å². The number of hydrogen-bond donors (Lipinski definition) is 2. The molecule has 0 aromatic heterocycles. The molecular formula is C7H16NOS+. The minimum atomic E-state index is 0.152. The van der Waals surface area contributed by atoms with E-state index in [0.717, 1.165) is 6.42 Å². The number of primary amides is 1. The molecule has 60 valence electrons. The summed E-state index contributed by atoms with van der Waals surface area (Å²) in [6.45, 7) is 2.16. The van der Waals surface area contributed by atoms with Crippen LogP contribution in [0.2, 0.25) is 0 Å². The maximum atomic E-state index is 10.6. The lowest BCUT2D eigenvalue weighted by molar-refractivity contribution is -0.393. The molecule has 2 N–H and O–H groups in total. The molecule has 2 nitrogen and oxygen atoms in total. The van der Waals surface area contributed by atoms with Gasteiger partial charge in [-0.15, -0.1) is 0 Å². The van der Waals surface area contributed by atoms with Gasteiger partial charge < -0.3 is 0 Å². The van der Waals surface area contributed by atoms with Crippen LogP contribution < -0.4 is 4.72 Å². The molecule has 10 heavy (non-hydrogen) atoms. The van der Waals surface area contributed by atoms with Gasteiger partial charge in [-0.05, 0) is 6.42 Å². The quantitative estimate of drug-likeness (QED) is 0.457. The van der Waals surface area contributed by atoms with Crippen LogP contribution in [0, 0.1) is 0 Å². The highest BCUT2D eigenvalue weighted by atomic mass is 32.1. The largest absolute Gasteiger partial charge is 0.321 e. The number of carbonyl (C=O) groups is 1. The van der Waals surface area contributed by atoms with Gasteiger partial charge in [-0.2, -0.15) is 0 Å². The number of quaternary nitrogens is 1. The molecule has 0 fully saturated rings. The highest BCUT2D eigenvalue weighted by Crippen LogP contribution is 2.00. The molecule has 0 bridgehead atoms. The first-order valence-electron chi connectivity index (χ1n) is 3.81. The Labute approximate surface area is 67.9 Å². The molecule has 0 atom stereocenters. The summed E-state index contributed by atoms with van der Waals surface area (Å²) in [4.78, 5) is 10.6. The van der Waals surface area contributed by atoms with Gasteiger partial charge in [-0.1, -0.05) is 26.2 Å². The smallest absolute Gasteiger partial charge is 0.230 e. The van der Waals surface area contributed by atoms with Crippen LogP contribution in [-0.2, 0) is 4.79 Å². The van der Waals surface area contributed by atoms with Crippen molar-refractivity contribution in [3.05, 3.63) is 0 Å². The average Bonchev–Trinajstić information content (AvgIpc) is 1.98. The summed E-state index contributed by atoms with van der Waals surface area (Å²) in [5.41, 5.74) is 0. The van der Waals surface area contributed by atoms with Crippen molar-refractivity contribution >= 4 is 18.7 Å². The Hall–Kier alpha value is -0.0200. The van der Waals surface area contributed by atoms with Crippen LogP contribution in [0.4, 0.5) is 0 Å². The summed E-state index contributed by atoms with van der Waals surface area (Å²) < 4.78 is 1.35. The third-order valence-electron chi connectivity index (χ3n) is 1.42. The number of unbranched alkanes of at least 4 members (excludes halogenated alkanes) is 3. The van der Waals surface area contributed by atoms with Crippen molar-refractivity contribution in [3.63, 3.8) is 0 Å². The van der Waals surface area contributed by atoms with E-state index < -0.39 is 0 Å². The van der Waals surface area contributed by atoms with Gasteiger partial charge in [0, 0.05) is 0 Å². The molecule has 0 radical (unpaired) electrons. The number of amides is 1. The Morgan fingerprint density at radius 2 is 2.10 bits per heavy atom. The number of carbonyl (C=O) groups excluding carboxylic acids is 1. The fraction of sp³-hybridized carbons (Fsp3) is 0.857. The van der Waals surface area contributed by atoms with Crippen LogP contribution in [0.15, 0.2) is 0 Å². The van der Waals surface area contributed by atoms with Crippen molar-refractivity contribution in [2.45, 2.75) is 39.0 Å². The molecule has 0 saturated heterocycles. The standard InChI is InChI=1S/C7H15NOS/c1-2-3-4-5-6-7(9)8-10/h10H,2-6H2,1H3,(H,8,9)/p+1. The molecule has 1 amide bonds. The first-order valence-corrected chi connectivity index (χ1v) is 4.33. The molecule has 0 saturated carbocycles. The second-order valence-electron chi connectivity index (χ2n) is 2.41. The third-order valence-corrected chi connectivity index (χ3v) is 1.71. The van der Waals surface area contributed by atoms with E-state index in [1.807, 2.05) is 0 Å². The minimum Gasteiger partial charge on any atom is -0.230 e. The van der Waals surface area contributed by atoms with Gasteiger partial charge in [-0.25, -0.2) is 9.52 Å². The first-order chi connectivity index (χ1) is 4.81. The van der Waals surface area contributed by atoms with Crippen molar-refractivity contribution in [2.24, 2.45) is 0 Å². The second-order valence-corrected chi connectivity index (χ2v) is 2.66. The van der Waals surface area contributed by atoms with Crippen molar-refractivity contribution in [1.29, 1.82) is 0 Å². The fourth-order valence-corrected chi connectivity index (χ4v) is 0.920. The highest BCUT2D eigenvalue weighted by Gasteiger charge is 2.00. The van der Waals surface area contributed by atoms with Crippen LogP contribution in [0.3, 0.4) is 0 Å². The van der Waals surface area contributed by atoms with Crippen LogP contribution in [-0.4, -0.2) is 5.91 Å². The lowest BCUT2D eigenvalue weighted by Gasteiger charge is -1.93. The van der Waals surface area contributed by atoms with Crippen LogP contribution in [0.1, 0.15) is 39.0 Å². The molecule has 0 unspecified atom stereocenters. The van der Waals surface area contributed by atoms with E-state index in [2.05, 4.69) is 19.7 Å². The van der Waals surface area contributed by atoms with Crippen LogP contribution in [0.25, 0.3) is 0 Å². The van der Waals surface area contributed by atoms with Gasteiger partial charge in [0.2, 0.25) is 0 Å². The van der Waals surface area contributed by atoms with Crippen molar-refractivity contribution in [2.75, 3.05) is 0 Å². The number of nitrogens with two attached hydrogens (primary N) is 1. The Morgan fingerprint density at radius 3 is 2.60 bits per heavy atom. The first kappa shape index (κ1) is 9.98. The summed E-state index contributed by atoms with van der Waals surface area (Å²) in [7, 11) is 0. The molecular weight excluding hydrogens is 146 g/mol. The van der Waals surface area contributed by atoms with E-state index >= 15 is 0 Å². The van der Waals surface area contributed by atoms with E-state index in [1.165, 1.54) is 24.0 Å². The summed E-state index contributed by atoms with van der Waals surface area (Å²) in [6, 6.07) is 0. The maximum Gasteiger partial charge on any atom is 0.321 e. The maximum absolute atomic E-state index is 10.6. The van der Waals surface area contributed by atoms with Crippen LogP contribution >= 0.6 is 12.8 Å². The van der Waals surface area contributed by atoms with Gasteiger partial charge >= 0.3 is 5.91 Å². The molecule has 0 aliphatic carbocycles. The molecule has 3 heteroatoms. The minimum absolute atomic E-state index is 0.152. The number of thiol groups is 1. The number of hydrogen-bond acceptors (Lipinski definition) is 2. The summed E-state index contributed by atoms with van der Waals surface area (Å²) in [6.07, 6.45) is 5.32. The van der Waals surface area contributed by atoms with Crippen LogP contribution in [0.5, 0.6) is 0 Å². The molecule has 0 aromatic carbocycles. The molecule has 0 spiro atoms. The fourth-order valence-electron chi connectivity index (χ4n) is 0.791. The summed E-state index contributed by atoms with van der Waals surface area (Å²) >= 11 is 3.77. The van der Waals surface area contributed by atoms with Gasteiger partial charge in [0.05, 0.1) is 19.2 Å². The summed E-state index contributed by atoms with van der Waals surface area (Å²) in [5.74, 6) is 0.152. The molecule has 0 aromatic rings. The Morgan fingerprint density at radius 1 is 1.40 bits per heavy atom. The zero-order chi connectivity index (χ0) is 7.82. The Balaban J connectivity index is 2.96. The van der Waals surface area contributed by atoms with E-state index in [1.54, 1.807) is 0 Å². The van der Waals surface area contributed by atoms with E-state index in [-0.39, 0.29) is 5.91 Å². The second kappa shape index (κ2) is 7.09. The zero-order valence-electron chi connectivity index (χ0n) is 6.47. The van der Waals surface area contributed by atoms with Crippen molar-refractivity contribution < 1.29 is 9.52 Å². The SMILES string of the molecule is CCCCCCC(=O)[NH2+]S. The molecule has 0 rings (SSSR count). The lowest BCUT2D eigenvalue weighted by Crippen LogP contribution is -2.77. The molecule has 0 aliphatic rings. The molecule has 0 aliphatic heterocycles. The van der Waals surface area contributed by atoms with E-state index in [0.29, 0.717) is 6.42 Å². The highest BCUT2D eigenvalue weighted by molar-refractivity contribution is 7.73. The predicted octanol–water partition coefficient (Wildman–Crippen LogP) is 0.892. The number of rotatable bonds is 5. The Bertz CT molecular complexity index is 95.6.